The summed E-state index contributed by atoms with van der Waals surface area (Å²) in [6.45, 7) is 13.0. The lowest BCUT2D eigenvalue weighted by atomic mass is 9.60. The van der Waals surface area contributed by atoms with Gasteiger partial charge in [0.1, 0.15) is 0 Å². The first-order valence-corrected chi connectivity index (χ1v) is 9.36. The van der Waals surface area contributed by atoms with Crippen molar-refractivity contribution in [1.82, 2.24) is 5.32 Å². The number of anilines is 1. The first-order chi connectivity index (χ1) is 12.1. The average Bonchev–Trinajstić information content (AvgIpc) is 2.56. The van der Waals surface area contributed by atoms with Crippen LogP contribution in [0, 0.1) is 13.8 Å². The van der Waals surface area contributed by atoms with Gasteiger partial charge in [-0.1, -0.05) is 70.2 Å². The molecule has 26 heavy (non-hydrogen) atoms. The van der Waals surface area contributed by atoms with E-state index < -0.39 is 0 Å². The molecule has 0 aromatic heterocycles. The Bertz CT molecular complexity index is 816. The van der Waals surface area contributed by atoms with E-state index in [9.17, 15) is 4.79 Å². The summed E-state index contributed by atoms with van der Waals surface area (Å²) < 4.78 is 0. The lowest BCUT2D eigenvalue weighted by molar-refractivity contribution is 0.220. The number of fused-ring (bicyclic) bond motifs is 1. The van der Waals surface area contributed by atoms with Crippen molar-refractivity contribution in [2.24, 2.45) is 0 Å². The molecule has 0 saturated carbocycles. The van der Waals surface area contributed by atoms with Crippen molar-refractivity contribution in [3.05, 3.63) is 64.7 Å². The van der Waals surface area contributed by atoms with Gasteiger partial charge in [-0.05, 0) is 47.9 Å². The summed E-state index contributed by atoms with van der Waals surface area (Å²) >= 11 is 0. The first-order valence-electron chi connectivity index (χ1n) is 9.36. The van der Waals surface area contributed by atoms with Crippen molar-refractivity contribution >= 4 is 11.7 Å². The van der Waals surface area contributed by atoms with E-state index in [-0.39, 0.29) is 22.9 Å². The molecule has 1 aliphatic rings. The van der Waals surface area contributed by atoms with Crippen molar-refractivity contribution in [2.75, 3.05) is 5.32 Å². The zero-order valence-corrected chi connectivity index (χ0v) is 16.7. The third-order valence-electron chi connectivity index (χ3n) is 5.96. The molecule has 3 heteroatoms. The van der Waals surface area contributed by atoms with Gasteiger partial charge in [0.15, 0.2) is 0 Å². The number of benzene rings is 2. The Labute approximate surface area is 157 Å². The zero-order chi connectivity index (χ0) is 19.1. The summed E-state index contributed by atoms with van der Waals surface area (Å²) in [4.78, 5) is 12.8. The molecule has 3 nitrogen and oxygen atoms in total. The van der Waals surface area contributed by atoms with Gasteiger partial charge in [-0.25, -0.2) is 4.79 Å². The van der Waals surface area contributed by atoms with Crippen LogP contribution in [-0.4, -0.2) is 12.1 Å². The molecule has 0 fully saturated rings. The van der Waals surface area contributed by atoms with Crippen molar-refractivity contribution in [2.45, 2.75) is 64.8 Å². The van der Waals surface area contributed by atoms with E-state index in [4.69, 9.17) is 0 Å². The van der Waals surface area contributed by atoms with Crippen molar-refractivity contribution in [1.29, 1.82) is 0 Å². The molecule has 1 aliphatic carbocycles. The number of rotatable bonds is 2. The average molecular weight is 351 g/mol. The Morgan fingerprint density at radius 3 is 2.12 bits per heavy atom. The van der Waals surface area contributed by atoms with Crippen LogP contribution in [0.1, 0.15) is 56.4 Å². The second-order valence-electron chi connectivity index (χ2n) is 8.77. The summed E-state index contributed by atoms with van der Waals surface area (Å²) in [5.41, 5.74) is 5.68. The number of amides is 2. The van der Waals surface area contributed by atoms with Gasteiger partial charge in [-0.2, -0.15) is 0 Å². The van der Waals surface area contributed by atoms with Crippen LogP contribution in [0.3, 0.4) is 0 Å². The number of carbonyl (C=O) groups is 1. The van der Waals surface area contributed by atoms with Crippen molar-refractivity contribution in [3.63, 3.8) is 0 Å². The minimum Gasteiger partial charge on any atom is -0.334 e. The zero-order valence-electron chi connectivity index (χ0n) is 16.7. The molecule has 3 rings (SSSR count). The number of hydrogen-bond acceptors (Lipinski definition) is 1. The maximum atomic E-state index is 12.8. The number of carbonyl (C=O) groups excluding carboxylic acids is 1. The highest BCUT2D eigenvalue weighted by atomic mass is 16.2. The monoisotopic (exact) mass is 350 g/mol. The van der Waals surface area contributed by atoms with Crippen LogP contribution in [0.25, 0.3) is 0 Å². The third kappa shape index (κ3) is 3.23. The lowest BCUT2D eigenvalue weighted by Gasteiger charge is -2.47. The molecule has 138 valence electrons. The molecule has 0 heterocycles. The van der Waals surface area contributed by atoms with E-state index in [0.717, 1.165) is 23.2 Å². The van der Waals surface area contributed by atoms with E-state index in [0.29, 0.717) is 0 Å². The normalized spacial score (nSPS) is 20.2. The quantitative estimate of drug-likeness (QED) is 0.742. The standard InChI is InChI=1S/C23H30N2O/c1-15-10-9-11-16(2)20(15)25-21(26)24-19-14-22(3,4)17-12-7-8-13-18(17)23(19,5)6/h7-13,19H,14H2,1-6H3,(H2,24,25,26). The van der Waals surface area contributed by atoms with Crippen LogP contribution in [0.15, 0.2) is 42.5 Å². The minimum atomic E-state index is -0.129. The highest BCUT2D eigenvalue weighted by molar-refractivity contribution is 5.91. The molecule has 0 saturated heterocycles. The Kier molecular flexibility index (Phi) is 4.60. The predicted octanol–water partition coefficient (Wildman–Crippen LogP) is 5.45. The molecule has 2 aromatic carbocycles. The van der Waals surface area contributed by atoms with Gasteiger partial charge < -0.3 is 10.6 Å². The fourth-order valence-corrected chi connectivity index (χ4v) is 4.25. The van der Waals surface area contributed by atoms with E-state index >= 15 is 0 Å². The largest absolute Gasteiger partial charge is 0.334 e. The molecular formula is C23H30N2O. The van der Waals surface area contributed by atoms with E-state index in [1.807, 2.05) is 32.0 Å². The van der Waals surface area contributed by atoms with Gasteiger partial charge in [-0.3, -0.25) is 0 Å². The van der Waals surface area contributed by atoms with Crippen LogP contribution >= 0.6 is 0 Å². The first kappa shape index (κ1) is 18.5. The Morgan fingerprint density at radius 2 is 1.50 bits per heavy atom. The van der Waals surface area contributed by atoms with Crippen LogP contribution in [-0.2, 0) is 10.8 Å². The maximum absolute atomic E-state index is 12.8. The van der Waals surface area contributed by atoms with Gasteiger partial charge in [0.25, 0.3) is 0 Å². The SMILES string of the molecule is Cc1cccc(C)c1NC(=O)NC1CC(C)(C)c2ccccc2C1(C)C. The number of hydrogen-bond donors (Lipinski definition) is 2. The molecule has 0 aliphatic heterocycles. The van der Waals surface area contributed by atoms with Gasteiger partial charge in [0.05, 0.1) is 0 Å². The smallest absolute Gasteiger partial charge is 0.319 e. The topological polar surface area (TPSA) is 41.1 Å². The van der Waals surface area contributed by atoms with E-state index in [1.165, 1.54) is 11.1 Å². The minimum absolute atomic E-state index is 0.0304. The van der Waals surface area contributed by atoms with Gasteiger partial charge in [-0.15, -0.1) is 0 Å². The van der Waals surface area contributed by atoms with Gasteiger partial charge in [0, 0.05) is 17.1 Å². The maximum Gasteiger partial charge on any atom is 0.319 e. The summed E-state index contributed by atoms with van der Waals surface area (Å²) in [5.74, 6) is 0. The molecule has 2 aromatic rings. The summed E-state index contributed by atoms with van der Waals surface area (Å²) in [5, 5.41) is 6.32. The number of nitrogens with one attached hydrogen (secondary N) is 2. The summed E-state index contributed by atoms with van der Waals surface area (Å²) in [6, 6.07) is 14.6. The van der Waals surface area contributed by atoms with Gasteiger partial charge in [0.2, 0.25) is 0 Å². The molecule has 2 amide bonds. The van der Waals surface area contributed by atoms with Crippen LogP contribution in [0.2, 0.25) is 0 Å². The van der Waals surface area contributed by atoms with Crippen LogP contribution < -0.4 is 10.6 Å². The summed E-state index contributed by atoms with van der Waals surface area (Å²) in [7, 11) is 0. The third-order valence-corrected chi connectivity index (χ3v) is 5.96. The van der Waals surface area contributed by atoms with E-state index in [2.05, 4.69) is 62.6 Å². The fraction of sp³-hybridized carbons (Fsp3) is 0.435. The summed E-state index contributed by atoms with van der Waals surface area (Å²) in [6.07, 6.45) is 0.914. The molecule has 2 N–H and O–H groups in total. The molecular weight excluding hydrogens is 320 g/mol. The molecule has 0 bridgehead atoms. The van der Waals surface area contributed by atoms with Gasteiger partial charge >= 0.3 is 6.03 Å². The molecule has 1 unspecified atom stereocenters. The molecule has 0 radical (unpaired) electrons. The van der Waals surface area contributed by atoms with Crippen LogP contribution in [0.4, 0.5) is 10.5 Å². The predicted molar refractivity (Wildman–Crippen MR) is 109 cm³/mol. The number of urea groups is 1. The van der Waals surface area contributed by atoms with Crippen molar-refractivity contribution in [3.8, 4) is 0 Å². The molecule has 0 spiro atoms. The second-order valence-corrected chi connectivity index (χ2v) is 8.77. The van der Waals surface area contributed by atoms with Crippen LogP contribution in [0.5, 0.6) is 0 Å². The molecule has 1 atom stereocenters. The second kappa shape index (κ2) is 6.46. The highest BCUT2D eigenvalue weighted by Gasteiger charge is 2.44. The number of aryl methyl sites for hydroxylation is 2. The van der Waals surface area contributed by atoms with E-state index in [1.54, 1.807) is 0 Å². The van der Waals surface area contributed by atoms with Crippen molar-refractivity contribution < 1.29 is 4.79 Å². The lowest BCUT2D eigenvalue weighted by Crippen LogP contribution is -2.55. The highest BCUT2D eigenvalue weighted by Crippen LogP contribution is 2.45. The Hall–Kier alpha value is -2.29. The number of para-hydroxylation sites is 1. The Morgan fingerprint density at radius 1 is 0.923 bits per heavy atom. The Balaban J connectivity index is 1.85. The fourth-order valence-electron chi connectivity index (χ4n) is 4.25.